The van der Waals surface area contributed by atoms with Crippen LogP contribution in [0.3, 0.4) is 0 Å². The van der Waals surface area contributed by atoms with E-state index in [1.807, 2.05) is 18.7 Å². The van der Waals surface area contributed by atoms with Gasteiger partial charge in [-0.25, -0.2) is 9.36 Å². The first-order chi connectivity index (χ1) is 15.5. The van der Waals surface area contributed by atoms with Crippen LogP contribution in [0.15, 0.2) is 33.9 Å². The fourth-order valence-corrected chi connectivity index (χ4v) is 5.96. The van der Waals surface area contributed by atoms with E-state index < -0.39 is 5.69 Å². The van der Waals surface area contributed by atoms with Crippen LogP contribution in [0, 0.1) is 0 Å². The van der Waals surface area contributed by atoms with Gasteiger partial charge >= 0.3 is 5.69 Å². The summed E-state index contributed by atoms with van der Waals surface area (Å²) in [6, 6.07) is 6.66. The minimum Gasteiger partial charge on any atom is -0.341 e. The summed E-state index contributed by atoms with van der Waals surface area (Å²) in [6.07, 6.45) is 5.55. The predicted octanol–water partition coefficient (Wildman–Crippen LogP) is 4.39. The third-order valence-electron chi connectivity index (χ3n) is 5.95. The molecule has 32 heavy (non-hydrogen) atoms. The average molecular weight is 474 g/mol. The van der Waals surface area contributed by atoms with Gasteiger partial charge in [-0.05, 0) is 68.4 Å². The molecule has 0 N–H and O–H groups in total. The summed E-state index contributed by atoms with van der Waals surface area (Å²) in [5, 5.41) is 1.12. The maximum absolute atomic E-state index is 13.6. The topological polar surface area (TPSA) is 64.3 Å². The van der Waals surface area contributed by atoms with Gasteiger partial charge in [0.2, 0.25) is 5.91 Å². The molecular weight excluding hydrogens is 446 g/mol. The second-order valence-electron chi connectivity index (χ2n) is 8.26. The van der Waals surface area contributed by atoms with Crippen LogP contribution in [0.4, 0.5) is 0 Å². The first-order valence-corrected chi connectivity index (χ1v) is 12.5. The molecule has 0 radical (unpaired) electrons. The van der Waals surface area contributed by atoms with Gasteiger partial charge in [-0.2, -0.15) is 0 Å². The van der Waals surface area contributed by atoms with E-state index >= 15 is 0 Å². The number of aromatic nitrogens is 2. The molecule has 1 aliphatic rings. The fraction of sp³-hybridized carbons (Fsp3) is 0.458. The Labute approximate surface area is 196 Å². The molecule has 0 saturated heterocycles. The van der Waals surface area contributed by atoms with Gasteiger partial charge in [0.05, 0.1) is 11.1 Å². The zero-order valence-corrected chi connectivity index (χ0v) is 20.1. The Kier molecular flexibility index (Phi) is 6.86. The third-order valence-corrected chi connectivity index (χ3v) is 7.52. The molecule has 3 aromatic rings. The maximum Gasteiger partial charge on any atom is 0.337 e. The highest BCUT2D eigenvalue weighted by Gasteiger charge is 2.25. The zero-order valence-electron chi connectivity index (χ0n) is 18.5. The molecule has 0 unspecified atom stereocenters. The number of halogens is 1. The Hall–Kier alpha value is -2.38. The van der Waals surface area contributed by atoms with Crippen molar-refractivity contribution in [2.45, 2.75) is 58.9 Å². The number of rotatable bonds is 7. The monoisotopic (exact) mass is 473 g/mol. The number of hydrogen-bond donors (Lipinski definition) is 0. The molecule has 0 fully saturated rings. The van der Waals surface area contributed by atoms with Crippen molar-refractivity contribution in [2.75, 3.05) is 13.1 Å². The molecule has 1 aliphatic carbocycles. The summed E-state index contributed by atoms with van der Waals surface area (Å²) in [6.45, 7) is 5.32. The molecule has 0 aliphatic heterocycles. The van der Waals surface area contributed by atoms with Crippen molar-refractivity contribution in [2.24, 2.45) is 0 Å². The van der Waals surface area contributed by atoms with E-state index in [4.69, 9.17) is 11.6 Å². The second-order valence-corrected chi connectivity index (χ2v) is 9.78. The minimum absolute atomic E-state index is 0.0669. The van der Waals surface area contributed by atoms with Gasteiger partial charge in [0, 0.05) is 23.0 Å². The van der Waals surface area contributed by atoms with Gasteiger partial charge < -0.3 is 4.90 Å². The Morgan fingerprint density at radius 3 is 2.38 bits per heavy atom. The van der Waals surface area contributed by atoms with Crippen LogP contribution in [-0.4, -0.2) is 33.0 Å². The van der Waals surface area contributed by atoms with Crippen LogP contribution in [0.1, 0.15) is 50.0 Å². The molecule has 0 saturated carbocycles. The standard InChI is InChI=1S/C24H28ClN3O3S/c1-3-13-26(14-4-2)20(29)15-27-23-21(18-7-5-6-8-19(18)32-23)22(30)28(24(27)31)17-11-9-16(25)10-12-17/h9-12H,3-8,13-15H2,1-2H3. The Morgan fingerprint density at radius 2 is 1.72 bits per heavy atom. The number of nitrogens with zero attached hydrogens (tertiary/aromatic N) is 3. The molecule has 0 bridgehead atoms. The van der Waals surface area contributed by atoms with Crippen LogP contribution < -0.4 is 11.2 Å². The largest absolute Gasteiger partial charge is 0.341 e. The molecule has 2 aromatic heterocycles. The number of fused-ring (bicyclic) bond motifs is 3. The van der Waals surface area contributed by atoms with Gasteiger partial charge in [0.1, 0.15) is 11.4 Å². The molecule has 4 rings (SSSR count). The van der Waals surface area contributed by atoms with Gasteiger partial charge in [-0.15, -0.1) is 11.3 Å². The molecule has 170 valence electrons. The Morgan fingerprint density at radius 1 is 1.06 bits per heavy atom. The summed E-state index contributed by atoms with van der Waals surface area (Å²) in [7, 11) is 0. The summed E-state index contributed by atoms with van der Waals surface area (Å²) in [5.74, 6) is -0.0928. The van der Waals surface area contributed by atoms with E-state index in [-0.39, 0.29) is 18.0 Å². The number of thiophene rings is 1. The van der Waals surface area contributed by atoms with Crippen LogP contribution in [0.5, 0.6) is 0 Å². The fourth-order valence-electron chi connectivity index (χ4n) is 4.46. The van der Waals surface area contributed by atoms with Crippen LogP contribution in [-0.2, 0) is 24.2 Å². The number of hydrogen-bond acceptors (Lipinski definition) is 4. The van der Waals surface area contributed by atoms with E-state index in [9.17, 15) is 14.4 Å². The Balaban J connectivity index is 1.94. The van der Waals surface area contributed by atoms with Crippen molar-refractivity contribution in [3.05, 3.63) is 60.6 Å². The first-order valence-electron chi connectivity index (χ1n) is 11.3. The second kappa shape index (κ2) is 9.63. The lowest BCUT2D eigenvalue weighted by atomic mass is 9.97. The van der Waals surface area contributed by atoms with Gasteiger partial charge in [-0.3, -0.25) is 14.2 Å². The smallest absolute Gasteiger partial charge is 0.337 e. The summed E-state index contributed by atoms with van der Waals surface area (Å²) < 4.78 is 2.70. The van der Waals surface area contributed by atoms with Crippen molar-refractivity contribution in [3.8, 4) is 5.69 Å². The highest BCUT2D eigenvalue weighted by molar-refractivity contribution is 7.18. The van der Waals surface area contributed by atoms with Crippen molar-refractivity contribution >= 4 is 39.1 Å². The molecule has 0 spiro atoms. The number of aryl methyl sites for hydroxylation is 2. The van der Waals surface area contributed by atoms with Crippen LogP contribution in [0.2, 0.25) is 5.02 Å². The minimum atomic E-state index is -0.482. The molecule has 6 nitrogen and oxygen atoms in total. The lowest BCUT2D eigenvalue weighted by Crippen LogP contribution is -2.43. The van der Waals surface area contributed by atoms with Crippen molar-refractivity contribution in [3.63, 3.8) is 0 Å². The van der Waals surface area contributed by atoms with Gasteiger partial charge in [0.25, 0.3) is 5.56 Å². The first kappa shape index (κ1) is 22.8. The SMILES string of the molecule is CCCN(CCC)C(=O)Cn1c(=O)n(-c2ccc(Cl)cc2)c(=O)c2c3c(sc21)CCCC3. The molecule has 1 amide bonds. The van der Waals surface area contributed by atoms with E-state index in [1.54, 1.807) is 24.3 Å². The quantitative estimate of drug-likeness (QED) is 0.511. The lowest BCUT2D eigenvalue weighted by molar-refractivity contribution is -0.131. The third kappa shape index (κ3) is 4.16. The molecule has 1 aromatic carbocycles. The number of amides is 1. The summed E-state index contributed by atoms with van der Waals surface area (Å²) >= 11 is 7.53. The highest BCUT2D eigenvalue weighted by Crippen LogP contribution is 2.34. The van der Waals surface area contributed by atoms with Crippen molar-refractivity contribution in [1.82, 2.24) is 14.0 Å². The van der Waals surface area contributed by atoms with Crippen molar-refractivity contribution in [1.29, 1.82) is 0 Å². The van der Waals surface area contributed by atoms with E-state index in [0.29, 0.717) is 34.0 Å². The van der Waals surface area contributed by atoms with Crippen LogP contribution in [0.25, 0.3) is 15.9 Å². The normalized spacial score (nSPS) is 13.3. The maximum atomic E-state index is 13.6. The molecule has 0 atom stereocenters. The molecular formula is C24H28ClN3O3S. The number of benzene rings is 1. The number of carbonyl (C=O) groups is 1. The summed E-state index contributed by atoms with van der Waals surface area (Å²) in [4.78, 5) is 43.9. The van der Waals surface area contributed by atoms with E-state index in [0.717, 1.165) is 49.0 Å². The average Bonchev–Trinajstić information content (AvgIpc) is 3.17. The van der Waals surface area contributed by atoms with E-state index in [1.165, 1.54) is 20.5 Å². The lowest BCUT2D eigenvalue weighted by Gasteiger charge is -2.22. The van der Waals surface area contributed by atoms with E-state index in [2.05, 4.69) is 0 Å². The van der Waals surface area contributed by atoms with Gasteiger partial charge in [-0.1, -0.05) is 25.4 Å². The predicted molar refractivity (Wildman–Crippen MR) is 130 cm³/mol. The number of carbonyl (C=O) groups excluding carboxylic acids is 1. The van der Waals surface area contributed by atoms with Crippen LogP contribution >= 0.6 is 22.9 Å². The van der Waals surface area contributed by atoms with Gasteiger partial charge in [0.15, 0.2) is 0 Å². The summed E-state index contributed by atoms with van der Waals surface area (Å²) in [5.41, 5.74) is 0.713. The molecule has 2 heterocycles. The molecule has 8 heteroatoms. The highest BCUT2D eigenvalue weighted by atomic mass is 35.5. The zero-order chi connectivity index (χ0) is 22.8. The van der Waals surface area contributed by atoms with Crippen molar-refractivity contribution < 1.29 is 4.79 Å². The Bertz CT molecular complexity index is 1250.